The number of hydrogen-bond donors (Lipinski definition) is 1. The van der Waals surface area contributed by atoms with E-state index in [0.717, 1.165) is 5.69 Å². The van der Waals surface area contributed by atoms with Gasteiger partial charge in [0.05, 0.1) is 21.9 Å². The molecule has 0 radical (unpaired) electrons. The minimum atomic E-state index is -3.83. The van der Waals surface area contributed by atoms with Crippen molar-refractivity contribution in [1.82, 2.24) is 14.5 Å². The fourth-order valence-corrected chi connectivity index (χ4v) is 4.32. The van der Waals surface area contributed by atoms with Crippen LogP contribution in [-0.2, 0) is 16.6 Å². The molecule has 0 atom stereocenters. The summed E-state index contributed by atoms with van der Waals surface area (Å²) in [5.74, 6) is 0. The van der Waals surface area contributed by atoms with Crippen molar-refractivity contribution in [2.75, 3.05) is 0 Å². The average molecular weight is 382 g/mol. The van der Waals surface area contributed by atoms with Crippen molar-refractivity contribution in [2.24, 2.45) is 0 Å². The Balaban J connectivity index is 1.78. The van der Waals surface area contributed by atoms with Crippen LogP contribution in [0, 0.1) is 0 Å². The minimum absolute atomic E-state index is 0.0787. The molecule has 8 heteroatoms. The number of rotatable bonds is 5. The second kappa shape index (κ2) is 6.94. The molecule has 0 saturated heterocycles. The van der Waals surface area contributed by atoms with Gasteiger partial charge in [0.2, 0.25) is 10.0 Å². The largest absolute Gasteiger partial charge is 0.243 e. The summed E-state index contributed by atoms with van der Waals surface area (Å²) in [6, 6.07) is 14.1. The van der Waals surface area contributed by atoms with Crippen molar-refractivity contribution < 1.29 is 8.42 Å². The maximum absolute atomic E-state index is 12.4. The molecule has 0 bridgehead atoms. The molecule has 0 fully saturated rings. The fraction of sp³-hybridized carbons (Fsp3) is 0.0625. The van der Waals surface area contributed by atoms with Crippen LogP contribution >= 0.6 is 23.2 Å². The third kappa shape index (κ3) is 3.62. The van der Waals surface area contributed by atoms with Gasteiger partial charge in [-0.1, -0.05) is 47.5 Å². The van der Waals surface area contributed by atoms with Crippen molar-refractivity contribution in [1.29, 1.82) is 0 Å². The molecular formula is C16H13Cl2N3O2S. The van der Waals surface area contributed by atoms with E-state index in [4.69, 9.17) is 23.2 Å². The second-order valence-electron chi connectivity index (χ2n) is 5.00. The monoisotopic (exact) mass is 381 g/mol. The van der Waals surface area contributed by atoms with Crippen LogP contribution in [0.1, 0.15) is 5.56 Å². The number of aromatic nitrogens is 2. The molecule has 2 aromatic carbocycles. The lowest BCUT2D eigenvalue weighted by Gasteiger charge is -2.09. The Kier molecular flexibility index (Phi) is 4.91. The first-order chi connectivity index (χ1) is 11.5. The molecule has 1 heterocycles. The normalized spacial score (nSPS) is 11.6. The predicted octanol–water partition coefficient (Wildman–Crippen LogP) is 3.66. The quantitative estimate of drug-likeness (QED) is 0.733. The third-order valence-corrected chi connectivity index (χ3v) is 5.67. The molecule has 0 aliphatic carbocycles. The van der Waals surface area contributed by atoms with E-state index in [-0.39, 0.29) is 21.5 Å². The van der Waals surface area contributed by atoms with E-state index < -0.39 is 10.0 Å². The maximum atomic E-state index is 12.4. The van der Waals surface area contributed by atoms with Gasteiger partial charge in [-0.25, -0.2) is 17.8 Å². The maximum Gasteiger partial charge on any atom is 0.243 e. The van der Waals surface area contributed by atoms with Crippen LogP contribution in [0.3, 0.4) is 0 Å². The predicted molar refractivity (Wildman–Crippen MR) is 94.1 cm³/mol. The summed E-state index contributed by atoms with van der Waals surface area (Å²) in [5, 5.41) is 4.38. The molecule has 1 aromatic heterocycles. The average Bonchev–Trinajstić information content (AvgIpc) is 3.03. The van der Waals surface area contributed by atoms with E-state index in [1.165, 1.54) is 12.1 Å². The van der Waals surface area contributed by atoms with Gasteiger partial charge < -0.3 is 0 Å². The zero-order valence-electron chi connectivity index (χ0n) is 12.4. The Morgan fingerprint density at radius 1 is 1.00 bits per heavy atom. The molecule has 3 aromatic rings. The first kappa shape index (κ1) is 17.0. The highest BCUT2D eigenvalue weighted by molar-refractivity contribution is 7.89. The number of benzene rings is 2. The van der Waals surface area contributed by atoms with E-state index in [1.54, 1.807) is 23.1 Å². The number of hydrogen-bond acceptors (Lipinski definition) is 3. The molecule has 3 rings (SSSR count). The van der Waals surface area contributed by atoms with Crippen molar-refractivity contribution in [3.8, 4) is 5.69 Å². The SMILES string of the molecule is O=S(=O)(NCc1cnn(-c2ccccc2)c1)c1c(Cl)cccc1Cl. The molecule has 124 valence electrons. The number of nitrogens with zero attached hydrogens (tertiary/aromatic N) is 2. The summed E-state index contributed by atoms with van der Waals surface area (Å²) in [6.07, 6.45) is 3.36. The van der Waals surface area contributed by atoms with Crippen LogP contribution in [0.2, 0.25) is 10.0 Å². The summed E-state index contributed by atoms with van der Waals surface area (Å²) < 4.78 is 29.0. The molecule has 24 heavy (non-hydrogen) atoms. The number of sulfonamides is 1. The lowest BCUT2D eigenvalue weighted by Crippen LogP contribution is -2.23. The summed E-state index contributed by atoms with van der Waals surface area (Å²) in [6.45, 7) is 0.0801. The number of halogens is 2. The van der Waals surface area contributed by atoms with Gasteiger partial charge in [-0.15, -0.1) is 0 Å². The first-order valence-electron chi connectivity index (χ1n) is 7.00. The Morgan fingerprint density at radius 3 is 2.33 bits per heavy atom. The highest BCUT2D eigenvalue weighted by atomic mass is 35.5. The zero-order chi connectivity index (χ0) is 17.2. The number of nitrogens with one attached hydrogen (secondary N) is 1. The summed E-state index contributed by atoms with van der Waals surface area (Å²) in [4.78, 5) is -0.121. The lowest BCUT2D eigenvalue weighted by atomic mass is 10.3. The van der Waals surface area contributed by atoms with Gasteiger partial charge >= 0.3 is 0 Å². The summed E-state index contributed by atoms with van der Waals surface area (Å²) >= 11 is 11.9. The van der Waals surface area contributed by atoms with Crippen LogP contribution in [-0.4, -0.2) is 18.2 Å². The van der Waals surface area contributed by atoms with Gasteiger partial charge in [0.1, 0.15) is 4.90 Å². The molecular weight excluding hydrogens is 369 g/mol. The van der Waals surface area contributed by atoms with E-state index >= 15 is 0 Å². The van der Waals surface area contributed by atoms with Crippen LogP contribution < -0.4 is 4.72 Å². The molecule has 0 spiro atoms. The van der Waals surface area contributed by atoms with Crippen LogP contribution in [0.4, 0.5) is 0 Å². The van der Waals surface area contributed by atoms with Gasteiger partial charge in [0.15, 0.2) is 0 Å². The second-order valence-corrected chi connectivity index (χ2v) is 7.52. The van der Waals surface area contributed by atoms with E-state index in [2.05, 4.69) is 9.82 Å². The fourth-order valence-electron chi connectivity index (χ4n) is 2.16. The molecule has 5 nitrogen and oxygen atoms in total. The summed E-state index contributed by atoms with van der Waals surface area (Å²) in [7, 11) is -3.83. The smallest absolute Gasteiger partial charge is 0.241 e. The van der Waals surface area contributed by atoms with Crippen molar-refractivity contribution in [3.63, 3.8) is 0 Å². The standard InChI is InChI=1S/C16H13Cl2N3O2S/c17-14-7-4-8-15(18)16(14)24(22,23)20-10-12-9-19-21(11-12)13-5-2-1-3-6-13/h1-9,11,20H,10H2. The van der Waals surface area contributed by atoms with Crippen LogP contribution in [0.5, 0.6) is 0 Å². The number of para-hydroxylation sites is 1. The highest BCUT2D eigenvalue weighted by Gasteiger charge is 2.21. The van der Waals surface area contributed by atoms with Crippen LogP contribution in [0.15, 0.2) is 65.8 Å². The zero-order valence-corrected chi connectivity index (χ0v) is 14.7. The van der Waals surface area contributed by atoms with Crippen molar-refractivity contribution in [2.45, 2.75) is 11.4 Å². The van der Waals surface area contributed by atoms with Gasteiger partial charge in [0.25, 0.3) is 0 Å². The minimum Gasteiger partial charge on any atom is -0.241 e. The Bertz CT molecular complexity index is 936. The van der Waals surface area contributed by atoms with Crippen molar-refractivity contribution in [3.05, 3.63) is 76.5 Å². The highest BCUT2D eigenvalue weighted by Crippen LogP contribution is 2.28. The van der Waals surface area contributed by atoms with Gasteiger partial charge in [-0.3, -0.25) is 0 Å². The van der Waals surface area contributed by atoms with E-state index in [1.807, 2.05) is 30.3 Å². The molecule has 0 amide bonds. The summed E-state index contributed by atoms with van der Waals surface area (Å²) in [5.41, 5.74) is 1.60. The Morgan fingerprint density at radius 2 is 1.67 bits per heavy atom. The topological polar surface area (TPSA) is 64.0 Å². The molecule has 0 aliphatic rings. The Hall–Kier alpha value is -1.86. The van der Waals surface area contributed by atoms with Gasteiger partial charge in [-0.05, 0) is 24.3 Å². The van der Waals surface area contributed by atoms with Crippen molar-refractivity contribution >= 4 is 33.2 Å². The first-order valence-corrected chi connectivity index (χ1v) is 9.24. The van der Waals surface area contributed by atoms with Gasteiger partial charge in [0, 0.05) is 18.3 Å². The molecule has 0 aliphatic heterocycles. The molecule has 0 unspecified atom stereocenters. The van der Waals surface area contributed by atoms with Crippen LogP contribution in [0.25, 0.3) is 5.69 Å². The lowest BCUT2D eigenvalue weighted by molar-refractivity contribution is 0.581. The third-order valence-electron chi connectivity index (χ3n) is 3.31. The van der Waals surface area contributed by atoms with Gasteiger partial charge in [-0.2, -0.15) is 5.10 Å². The van der Waals surface area contributed by atoms with E-state index in [0.29, 0.717) is 5.56 Å². The van der Waals surface area contributed by atoms with E-state index in [9.17, 15) is 8.42 Å². The molecule has 0 saturated carbocycles. The Labute approximate surface area is 149 Å². The molecule has 1 N–H and O–H groups in total.